The third-order valence-electron chi connectivity index (χ3n) is 5.38. The molecule has 11 heteroatoms. The molecule has 0 saturated carbocycles. The number of pyridine rings is 1. The van der Waals surface area contributed by atoms with Gasteiger partial charge in [-0.05, 0) is 47.7 Å². The van der Waals surface area contributed by atoms with E-state index in [2.05, 4.69) is 25.7 Å². The molecule has 1 amide bonds. The van der Waals surface area contributed by atoms with E-state index in [9.17, 15) is 9.32 Å². The van der Waals surface area contributed by atoms with Gasteiger partial charge in [0.05, 0.1) is 29.5 Å². The number of aliphatic imine (C=N–C) groups is 1. The van der Waals surface area contributed by atoms with Crippen molar-refractivity contribution in [1.82, 2.24) is 20.1 Å². The summed E-state index contributed by atoms with van der Waals surface area (Å²) in [6, 6.07) is 11.2. The highest BCUT2D eigenvalue weighted by Crippen LogP contribution is 2.19. The second-order valence-corrected chi connectivity index (χ2v) is 8.03. The number of amidine groups is 1. The van der Waals surface area contributed by atoms with Crippen LogP contribution in [0.1, 0.15) is 35.6 Å². The van der Waals surface area contributed by atoms with Crippen LogP contribution in [0.15, 0.2) is 47.6 Å². The van der Waals surface area contributed by atoms with Gasteiger partial charge in [0.15, 0.2) is 5.84 Å². The summed E-state index contributed by atoms with van der Waals surface area (Å²) < 4.78 is 19.7. The van der Waals surface area contributed by atoms with Crippen LogP contribution in [-0.4, -0.2) is 47.1 Å². The average Bonchev–Trinajstić information content (AvgIpc) is 3.24. The van der Waals surface area contributed by atoms with E-state index in [-0.39, 0.29) is 18.3 Å². The third kappa shape index (κ3) is 5.14. The quantitative estimate of drug-likeness (QED) is 0.448. The number of hydrazine groups is 1. The summed E-state index contributed by atoms with van der Waals surface area (Å²) in [7, 11) is 0. The summed E-state index contributed by atoms with van der Waals surface area (Å²) in [5.41, 5.74) is 6.70. The molecule has 0 fully saturated rings. The van der Waals surface area contributed by atoms with E-state index in [0.29, 0.717) is 48.1 Å². The number of fused-ring (bicyclic) bond motifs is 1. The van der Waals surface area contributed by atoms with E-state index in [0.717, 1.165) is 11.3 Å². The van der Waals surface area contributed by atoms with Crippen molar-refractivity contribution in [3.63, 3.8) is 0 Å². The molecule has 1 atom stereocenters. The topological polar surface area (TPSA) is 92.5 Å². The van der Waals surface area contributed by atoms with Crippen LogP contribution in [0.4, 0.5) is 10.2 Å². The van der Waals surface area contributed by atoms with Gasteiger partial charge in [-0.1, -0.05) is 30.7 Å². The molecular formula is C23H26ClFN6O3. The fourth-order valence-electron chi connectivity index (χ4n) is 3.73. The normalized spacial score (nSPS) is 14.6. The molecule has 1 aliphatic heterocycles. The van der Waals surface area contributed by atoms with Crippen molar-refractivity contribution in [2.75, 3.05) is 24.7 Å². The molecule has 0 saturated heterocycles. The Morgan fingerprint density at radius 2 is 2.06 bits per heavy atom. The molecule has 0 aliphatic carbocycles. The third-order valence-corrected chi connectivity index (χ3v) is 5.61. The van der Waals surface area contributed by atoms with Crippen LogP contribution in [0.2, 0.25) is 5.02 Å². The summed E-state index contributed by atoms with van der Waals surface area (Å²) in [5, 5.41) is 5.33. The van der Waals surface area contributed by atoms with Gasteiger partial charge in [0.1, 0.15) is 11.3 Å². The van der Waals surface area contributed by atoms with Crippen molar-refractivity contribution in [3.8, 4) is 0 Å². The lowest BCUT2D eigenvalue weighted by molar-refractivity contribution is -0.243. The minimum atomic E-state index is -1.19. The van der Waals surface area contributed by atoms with E-state index in [1.165, 1.54) is 0 Å². The monoisotopic (exact) mass is 488 g/mol. The molecule has 4 rings (SSSR count). The Balaban J connectivity index is 1.41. The lowest BCUT2D eigenvalue weighted by atomic mass is 10.2. The zero-order valence-electron chi connectivity index (χ0n) is 18.9. The first-order valence-corrected chi connectivity index (χ1v) is 11.4. The summed E-state index contributed by atoms with van der Waals surface area (Å²) in [6.45, 7) is 5.41. The lowest BCUT2D eigenvalue weighted by Crippen LogP contribution is -2.52. The predicted octanol–water partition coefficient (Wildman–Crippen LogP) is 3.47. The number of benzene rings is 1. The predicted molar refractivity (Wildman–Crippen MR) is 128 cm³/mol. The Morgan fingerprint density at radius 3 is 2.76 bits per heavy atom. The number of imidazole rings is 1. The number of rotatable bonds is 9. The number of nitrogens with one attached hydrogen (secondary N) is 2. The molecule has 3 heterocycles. The highest BCUT2D eigenvalue weighted by Gasteiger charge is 2.24. The number of halogens is 2. The van der Waals surface area contributed by atoms with Crippen molar-refractivity contribution in [2.24, 2.45) is 4.99 Å². The number of hydrogen-bond donors (Lipinski definition) is 2. The Labute approximate surface area is 201 Å². The highest BCUT2D eigenvalue weighted by atomic mass is 35.5. The van der Waals surface area contributed by atoms with Crippen LogP contribution in [0.5, 0.6) is 0 Å². The zero-order chi connectivity index (χ0) is 24.1. The number of carbonyl (C=O) groups excluding carboxylic acids is 1. The summed E-state index contributed by atoms with van der Waals surface area (Å²) >= 11 is 6.12. The fraction of sp³-hybridized carbons (Fsp3) is 0.348. The van der Waals surface area contributed by atoms with Gasteiger partial charge in [0.25, 0.3) is 12.2 Å². The Hall–Kier alpha value is -3.21. The van der Waals surface area contributed by atoms with Crippen LogP contribution >= 0.6 is 11.6 Å². The van der Waals surface area contributed by atoms with Crippen LogP contribution in [0.25, 0.3) is 5.65 Å². The molecule has 0 radical (unpaired) electrons. The molecular weight excluding hydrogens is 463 g/mol. The van der Waals surface area contributed by atoms with E-state index >= 15 is 0 Å². The standard InChI is InChI=1S/C23H26ClFN6O3/c1-3-18-20(30-14-16(24)7-10-19(30)28-18)22(32)27-13-15-5-8-17(9-6-15)31-12-11-26-21(29-31)23(34-25)33-4-2/h5-10,14,23H,3-4,11-13H2,1-2H3,(H,26,29)(H,27,32). The minimum absolute atomic E-state index is 0.220. The van der Waals surface area contributed by atoms with Gasteiger partial charge in [-0.2, -0.15) is 4.94 Å². The van der Waals surface area contributed by atoms with Gasteiger partial charge >= 0.3 is 0 Å². The van der Waals surface area contributed by atoms with Crippen molar-refractivity contribution >= 4 is 34.7 Å². The van der Waals surface area contributed by atoms with Gasteiger partial charge in [0.2, 0.25) is 0 Å². The van der Waals surface area contributed by atoms with Crippen LogP contribution < -0.4 is 15.8 Å². The molecule has 1 unspecified atom stereocenters. The number of nitrogens with zero attached hydrogens (tertiary/aromatic N) is 4. The fourth-order valence-corrected chi connectivity index (χ4v) is 3.89. The van der Waals surface area contributed by atoms with E-state index < -0.39 is 6.29 Å². The maximum absolute atomic E-state index is 13.0. The molecule has 1 aliphatic rings. The smallest absolute Gasteiger partial charge is 0.270 e. The van der Waals surface area contributed by atoms with E-state index in [1.807, 2.05) is 36.2 Å². The molecule has 2 aromatic heterocycles. The number of hydrogen-bond acceptors (Lipinski definition) is 7. The average molecular weight is 489 g/mol. The lowest BCUT2D eigenvalue weighted by Gasteiger charge is -2.31. The Morgan fingerprint density at radius 1 is 1.26 bits per heavy atom. The number of ether oxygens (including phenoxy) is 1. The first-order chi connectivity index (χ1) is 16.5. The highest BCUT2D eigenvalue weighted by molar-refractivity contribution is 6.30. The maximum atomic E-state index is 13.0. The van der Waals surface area contributed by atoms with Crippen molar-refractivity contribution in [1.29, 1.82) is 0 Å². The first kappa shape index (κ1) is 23.9. The number of anilines is 1. The maximum Gasteiger partial charge on any atom is 0.270 e. The summed E-state index contributed by atoms with van der Waals surface area (Å²) in [4.78, 5) is 25.6. The summed E-state index contributed by atoms with van der Waals surface area (Å²) in [5.74, 6) is 0.0502. The Kier molecular flexibility index (Phi) is 7.61. The Bertz CT molecular complexity index is 1180. The second-order valence-electron chi connectivity index (χ2n) is 7.59. The van der Waals surface area contributed by atoms with Crippen LogP contribution in [0, 0.1) is 0 Å². The largest absolute Gasteiger partial charge is 0.347 e. The van der Waals surface area contributed by atoms with Gasteiger partial charge in [-0.15, -0.1) is 0 Å². The molecule has 9 nitrogen and oxygen atoms in total. The van der Waals surface area contributed by atoms with Crippen LogP contribution in [-0.2, 0) is 22.6 Å². The van der Waals surface area contributed by atoms with Crippen molar-refractivity contribution in [2.45, 2.75) is 33.1 Å². The van der Waals surface area contributed by atoms with Gasteiger partial charge in [-0.3, -0.25) is 24.6 Å². The van der Waals surface area contributed by atoms with Gasteiger partial charge in [-0.25, -0.2) is 4.98 Å². The number of amides is 1. The molecule has 0 spiro atoms. The molecule has 180 valence electrons. The molecule has 3 aromatic rings. The molecule has 34 heavy (non-hydrogen) atoms. The number of carbonyl (C=O) groups is 1. The van der Waals surface area contributed by atoms with Crippen molar-refractivity contribution in [3.05, 3.63) is 64.6 Å². The van der Waals surface area contributed by atoms with E-state index in [4.69, 9.17) is 16.3 Å². The summed E-state index contributed by atoms with van der Waals surface area (Å²) in [6.07, 6.45) is 1.13. The zero-order valence-corrected chi connectivity index (χ0v) is 19.7. The van der Waals surface area contributed by atoms with Gasteiger partial charge in [0, 0.05) is 19.3 Å². The van der Waals surface area contributed by atoms with Gasteiger partial charge < -0.3 is 10.1 Å². The number of aryl methyl sites for hydroxylation is 1. The SMILES string of the molecule is CCOC(OF)C1=NCCN(c2ccc(CNC(=O)c3c(CC)nc4ccc(Cl)cn34)cc2)N1. The second kappa shape index (κ2) is 10.8. The van der Waals surface area contributed by atoms with Crippen molar-refractivity contribution < 1.29 is 19.0 Å². The van der Waals surface area contributed by atoms with Crippen LogP contribution in [0.3, 0.4) is 0 Å². The molecule has 1 aromatic carbocycles. The van der Waals surface area contributed by atoms with E-state index in [1.54, 1.807) is 29.7 Å². The molecule has 2 N–H and O–H groups in total. The molecule has 0 bridgehead atoms. The first-order valence-electron chi connectivity index (χ1n) is 11.0. The number of aromatic nitrogens is 2. The minimum Gasteiger partial charge on any atom is -0.347 e.